The van der Waals surface area contributed by atoms with Crippen molar-refractivity contribution in [2.45, 2.75) is 26.3 Å². The van der Waals surface area contributed by atoms with Gasteiger partial charge in [0.1, 0.15) is 0 Å². The van der Waals surface area contributed by atoms with Gasteiger partial charge in [-0.3, -0.25) is 4.79 Å². The van der Waals surface area contributed by atoms with E-state index in [1.807, 2.05) is 61.5 Å². The van der Waals surface area contributed by atoms with E-state index in [1.54, 1.807) is 0 Å². The van der Waals surface area contributed by atoms with E-state index >= 15 is 0 Å². The number of carbonyl (C=O) groups is 1. The number of aryl methyl sites for hydroxylation is 1. The molecule has 0 unspecified atom stereocenters. The maximum Gasteiger partial charge on any atom is 0.271 e. The molecule has 0 bridgehead atoms. The molecule has 144 valence electrons. The van der Waals surface area contributed by atoms with Crippen LogP contribution in [0.4, 0.5) is 5.69 Å². The summed E-state index contributed by atoms with van der Waals surface area (Å²) in [5, 5.41) is 11.4. The van der Waals surface area contributed by atoms with Gasteiger partial charge < -0.3 is 14.6 Å². The second kappa shape index (κ2) is 8.35. The zero-order chi connectivity index (χ0) is 19.3. The summed E-state index contributed by atoms with van der Waals surface area (Å²) in [4.78, 5) is 13.8. The fraction of sp³-hybridized carbons (Fsp3) is 0.318. The molecule has 4 rings (SSSR count). The molecule has 2 heterocycles. The number of anilines is 1. The Kier molecular flexibility index (Phi) is 5.48. The highest BCUT2D eigenvalue weighted by molar-refractivity contribution is 5.92. The number of benzene rings is 2. The minimum Gasteiger partial charge on any atom is -0.415 e. The molecule has 1 aliphatic heterocycles. The summed E-state index contributed by atoms with van der Waals surface area (Å²) in [5.74, 6) is 1.40. The van der Waals surface area contributed by atoms with Crippen LogP contribution >= 0.6 is 0 Å². The van der Waals surface area contributed by atoms with Crippen molar-refractivity contribution in [2.24, 2.45) is 5.92 Å². The van der Waals surface area contributed by atoms with Gasteiger partial charge in [-0.1, -0.05) is 35.9 Å². The van der Waals surface area contributed by atoms with E-state index in [1.165, 1.54) is 10.5 Å². The molecule has 0 radical (unpaired) electrons. The molecule has 3 aromatic rings. The molecule has 0 saturated carbocycles. The van der Waals surface area contributed by atoms with Gasteiger partial charge >= 0.3 is 0 Å². The first-order valence-corrected chi connectivity index (χ1v) is 9.76. The van der Waals surface area contributed by atoms with Crippen LogP contribution < -0.4 is 10.2 Å². The minimum absolute atomic E-state index is 0.0643. The van der Waals surface area contributed by atoms with Crippen molar-refractivity contribution in [2.75, 3.05) is 18.4 Å². The first-order valence-electron chi connectivity index (χ1n) is 9.76. The summed E-state index contributed by atoms with van der Waals surface area (Å²) < 4.78 is 5.86. The Morgan fingerprint density at radius 2 is 1.89 bits per heavy atom. The van der Waals surface area contributed by atoms with Gasteiger partial charge in [-0.25, -0.2) is 0 Å². The van der Waals surface area contributed by atoms with Crippen molar-refractivity contribution < 1.29 is 14.1 Å². The number of piperidine rings is 1. The lowest BCUT2D eigenvalue weighted by Gasteiger charge is -2.27. The number of amides is 1. The van der Waals surface area contributed by atoms with Crippen LogP contribution in [0.3, 0.4) is 0 Å². The Labute approximate surface area is 164 Å². The molecule has 28 heavy (non-hydrogen) atoms. The molecule has 0 atom stereocenters. The molecule has 6 nitrogen and oxygen atoms in total. The Hall–Kier alpha value is -2.99. The Balaban J connectivity index is 1.29. The number of para-hydroxylation sites is 1. The van der Waals surface area contributed by atoms with Crippen molar-refractivity contribution in [1.82, 2.24) is 10.2 Å². The van der Waals surface area contributed by atoms with E-state index < -0.39 is 0 Å². The maximum atomic E-state index is 12.5. The number of likely N-dealkylation sites (tertiary alicyclic amines) is 1. The average Bonchev–Trinajstić information content (AvgIpc) is 3.18. The van der Waals surface area contributed by atoms with Crippen LogP contribution in [-0.2, 0) is 11.3 Å². The smallest absolute Gasteiger partial charge is 0.271 e. The second-order valence-electron chi connectivity index (χ2n) is 7.43. The number of carbonyl (C=O) groups excluding carboxylic acids is 1. The van der Waals surface area contributed by atoms with Crippen LogP contribution in [0.25, 0.3) is 11.5 Å². The van der Waals surface area contributed by atoms with E-state index in [0.29, 0.717) is 18.3 Å². The number of rotatable bonds is 5. The van der Waals surface area contributed by atoms with Crippen LogP contribution in [0.1, 0.15) is 24.3 Å². The summed E-state index contributed by atoms with van der Waals surface area (Å²) in [5.41, 5.74) is 2.97. The quantitative estimate of drug-likeness (QED) is 0.717. The summed E-state index contributed by atoms with van der Waals surface area (Å²) in [6.07, 6.45) is 1.74. The monoisotopic (exact) mass is 377 g/mol. The van der Waals surface area contributed by atoms with Crippen molar-refractivity contribution >= 4 is 11.6 Å². The summed E-state index contributed by atoms with van der Waals surface area (Å²) in [7, 11) is 0. The lowest BCUT2D eigenvalue weighted by atomic mass is 9.96. The van der Waals surface area contributed by atoms with Gasteiger partial charge in [-0.05, 0) is 31.2 Å². The molecule has 2 aromatic carbocycles. The lowest BCUT2D eigenvalue weighted by molar-refractivity contribution is -0.920. The summed E-state index contributed by atoms with van der Waals surface area (Å²) in [6.45, 7) is 4.60. The fourth-order valence-electron chi connectivity index (χ4n) is 3.66. The number of nitrogens with one attached hydrogen (secondary N) is 2. The number of hydrogen-bond acceptors (Lipinski definition) is 4. The molecule has 1 aromatic heterocycles. The van der Waals surface area contributed by atoms with Gasteiger partial charge in [0.2, 0.25) is 11.8 Å². The van der Waals surface area contributed by atoms with E-state index in [0.717, 1.165) is 37.2 Å². The van der Waals surface area contributed by atoms with Gasteiger partial charge in [0.25, 0.3) is 5.89 Å². The normalized spacial score (nSPS) is 19.3. The van der Waals surface area contributed by atoms with Crippen molar-refractivity contribution in [3.8, 4) is 11.5 Å². The maximum absolute atomic E-state index is 12.5. The standard InChI is InChI=1S/C22H24N4O2/c1-16-6-5-7-18(14-16)22-25-24-20(28-22)15-26-12-10-17(11-13-26)21(27)23-19-8-3-2-4-9-19/h2-9,14,17H,10-13,15H2,1H3,(H,23,27)/p+1. The lowest BCUT2D eigenvalue weighted by Crippen LogP contribution is -3.11. The van der Waals surface area contributed by atoms with E-state index in [9.17, 15) is 4.79 Å². The molecule has 2 N–H and O–H groups in total. The number of nitrogens with zero attached hydrogens (tertiary/aromatic N) is 2. The molecule has 1 fully saturated rings. The van der Waals surface area contributed by atoms with Crippen LogP contribution in [-0.4, -0.2) is 29.2 Å². The van der Waals surface area contributed by atoms with E-state index in [2.05, 4.69) is 15.5 Å². The highest BCUT2D eigenvalue weighted by Crippen LogP contribution is 2.19. The third-order valence-electron chi connectivity index (χ3n) is 5.24. The SMILES string of the molecule is Cc1cccc(-c2nnc(C[NH+]3CCC(C(=O)Nc4ccccc4)CC3)o2)c1. The van der Waals surface area contributed by atoms with Crippen molar-refractivity contribution in [3.63, 3.8) is 0 Å². The second-order valence-corrected chi connectivity index (χ2v) is 7.43. The Morgan fingerprint density at radius 3 is 2.64 bits per heavy atom. The number of hydrogen-bond donors (Lipinski definition) is 2. The van der Waals surface area contributed by atoms with Crippen molar-refractivity contribution in [1.29, 1.82) is 0 Å². The van der Waals surface area contributed by atoms with Crippen LogP contribution in [0.2, 0.25) is 0 Å². The highest BCUT2D eigenvalue weighted by atomic mass is 16.4. The summed E-state index contributed by atoms with van der Waals surface area (Å²) in [6, 6.07) is 17.7. The predicted molar refractivity (Wildman–Crippen MR) is 107 cm³/mol. The van der Waals surface area contributed by atoms with Gasteiger partial charge in [-0.2, -0.15) is 0 Å². The Bertz CT molecular complexity index is 930. The predicted octanol–water partition coefficient (Wildman–Crippen LogP) is 2.48. The zero-order valence-electron chi connectivity index (χ0n) is 16.0. The number of quaternary nitrogens is 1. The molecule has 6 heteroatoms. The Morgan fingerprint density at radius 1 is 1.11 bits per heavy atom. The van der Waals surface area contributed by atoms with E-state index in [-0.39, 0.29) is 11.8 Å². The third kappa shape index (κ3) is 4.46. The molecule has 1 aliphatic rings. The van der Waals surface area contributed by atoms with Crippen molar-refractivity contribution in [3.05, 3.63) is 66.1 Å². The molecule has 0 spiro atoms. The van der Waals surface area contributed by atoms with Crippen LogP contribution in [0.15, 0.2) is 59.0 Å². The topological polar surface area (TPSA) is 72.5 Å². The van der Waals surface area contributed by atoms with Gasteiger partial charge in [0, 0.05) is 30.0 Å². The van der Waals surface area contributed by atoms with Crippen LogP contribution in [0, 0.1) is 12.8 Å². The molecular weight excluding hydrogens is 352 g/mol. The zero-order valence-corrected chi connectivity index (χ0v) is 16.0. The molecule has 0 aliphatic carbocycles. The molecule has 1 saturated heterocycles. The van der Waals surface area contributed by atoms with Gasteiger partial charge in [0.15, 0.2) is 6.54 Å². The highest BCUT2D eigenvalue weighted by Gasteiger charge is 2.28. The average molecular weight is 377 g/mol. The third-order valence-corrected chi connectivity index (χ3v) is 5.24. The molecule has 1 amide bonds. The number of aromatic nitrogens is 2. The summed E-state index contributed by atoms with van der Waals surface area (Å²) >= 11 is 0. The molecular formula is C22H25N4O2+. The van der Waals surface area contributed by atoms with Gasteiger partial charge in [-0.15, -0.1) is 10.2 Å². The minimum atomic E-state index is 0.0643. The van der Waals surface area contributed by atoms with Crippen LogP contribution in [0.5, 0.6) is 0 Å². The first kappa shape index (κ1) is 18.4. The van der Waals surface area contributed by atoms with E-state index in [4.69, 9.17) is 4.42 Å². The fourth-order valence-corrected chi connectivity index (χ4v) is 3.66. The largest absolute Gasteiger partial charge is 0.415 e. The van der Waals surface area contributed by atoms with Gasteiger partial charge in [0.05, 0.1) is 13.1 Å². The first-order chi connectivity index (χ1) is 13.7.